The van der Waals surface area contributed by atoms with Crippen LogP contribution in [-0.4, -0.2) is 49.4 Å². The third-order valence-electron chi connectivity index (χ3n) is 4.52. The predicted molar refractivity (Wildman–Crippen MR) is 88.9 cm³/mol. The lowest BCUT2D eigenvalue weighted by Gasteiger charge is -2.23. The van der Waals surface area contributed by atoms with Crippen LogP contribution in [-0.2, 0) is 0 Å². The van der Waals surface area contributed by atoms with E-state index in [4.69, 9.17) is 9.47 Å². The fraction of sp³-hybridized carbons (Fsp3) is 0.765. The number of aromatic nitrogens is 2. The van der Waals surface area contributed by atoms with Gasteiger partial charge in [-0.05, 0) is 45.7 Å². The average molecular weight is 320 g/mol. The Bertz CT molecular complexity index is 445. The van der Waals surface area contributed by atoms with E-state index in [9.17, 15) is 0 Å². The van der Waals surface area contributed by atoms with Gasteiger partial charge in [0.15, 0.2) is 0 Å². The molecule has 0 bridgehead atoms. The molecular weight excluding hydrogens is 292 g/mol. The smallest absolute Gasteiger partial charge is 0.319 e. The molecule has 0 aliphatic carbocycles. The van der Waals surface area contributed by atoms with Gasteiger partial charge >= 0.3 is 6.01 Å². The first-order valence-electron chi connectivity index (χ1n) is 8.82. The molecule has 0 spiro atoms. The van der Waals surface area contributed by atoms with Crippen molar-refractivity contribution in [2.75, 3.05) is 39.4 Å². The van der Waals surface area contributed by atoms with Crippen molar-refractivity contribution in [3.63, 3.8) is 0 Å². The Morgan fingerprint density at radius 3 is 2.26 bits per heavy atom. The van der Waals surface area contributed by atoms with Gasteiger partial charge in [0.25, 0.3) is 0 Å². The van der Waals surface area contributed by atoms with E-state index in [1.165, 1.54) is 25.7 Å². The van der Waals surface area contributed by atoms with Gasteiger partial charge in [0, 0.05) is 36.7 Å². The zero-order chi connectivity index (χ0) is 15.9. The molecule has 1 aromatic rings. The number of nitrogens with zero attached hydrogens (tertiary/aromatic N) is 2. The first kappa shape index (κ1) is 16.5. The Labute approximate surface area is 138 Å². The van der Waals surface area contributed by atoms with Gasteiger partial charge in [0.2, 0.25) is 5.88 Å². The normalized spacial score (nSPS) is 25.1. The fourth-order valence-electron chi connectivity index (χ4n) is 3.18. The Balaban J connectivity index is 1.50. The van der Waals surface area contributed by atoms with Crippen LogP contribution in [0, 0.1) is 18.8 Å². The zero-order valence-electron chi connectivity index (χ0n) is 14.0. The van der Waals surface area contributed by atoms with Crippen LogP contribution >= 0.6 is 0 Å². The third-order valence-corrected chi connectivity index (χ3v) is 4.52. The van der Waals surface area contributed by atoms with Crippen molar-refractivity contribution in [3.05, 3.63) is 11.8 Å². The Morgan fingerprint density at radius 1 is 1.00 bits per heavy atom. The van der Waals surface area contributed by atoms with Crippen LogP contribution in [0.1, 0.15) is 31.4 Å². The molecule has 2 N–H and O–H groups in total. The summed E-state index contributed by atoms with van der Waals surface area (Å²) in [6.45, 7) is 7.61. The Morgan fingerprint density at radius 2 is 1.65 bits per heavy atom. The van der Waals surface area contributed by atoms with Crippen molar-refractivity contribution in [1.29, 1.82) is 0 Å². The van der Waals surface area contributed by atoms with Crippen LogP contribution in [0.15, 0.2) is 6.07 Å². The molecule has 6 nitrogen and oxygen atoms in total. The Hall–Kier alpha value is -1.40. The van der Waals surface area contributed by atoms with Gasteiger partial charge in [-0.25, -0.2) is 4.98 Å². The number of hydrogen-bond acceptors (Lipinski definition) is 6. The SMILES string of the molecule is Cc1cc(OC[C@@H]2CCCNC2)nc(OC[C@@H]2CCCNC2)n1. The van der Waals surface area contributed by atoms with E-state index >= 15 is 0 Å². The summed E-state index contributed by atoms with van der Waals surface area (Å²) in [7, 11) is 0. The number of ether oxygens (including phenoxy) is 2. The third kappa shape index (κ3) is 5.32. The van der Waals surface area contributed by atoms with Gasteiger partial charge in [-0.15, -0.1) is 0 Å². The summed E-state index contributed by atoms with van der Waals surface area (Å²) < 4.78 is 11.7. The molecule has 6 heteroatoms. The highest BCUT2D eigenvalue weighted by Crippen LogP contribution is 2.18. The monoisotopic (exact) mass is 320 g/mol. The van der Waals surface area contributed by atoms with E-state index in [1.807, 2.05) is 13.0 Å². The van der Waals surface area contributed by atoms with E-state index in [0.29, 0.717) is 36.9 Å². The van der Waals surface area contributed by atoms with Gasteiger partial charge in [0.05, 0.1) is 13.2 Å². The van der Waals surface area contributed by atoms with Crippen LogP contribution in [0.2, 0.25) is 0 Å². The van der Waals surface area contributed by atoms with Gasteiger partial charge in [-0.1, -0.05) is 0 Å². The Kier molecular flexibility index (Phi) is 6.05. The van der Waals surface area contributed by atoms with E-state index in [1.54, 1.807) is 0 Å². The molecule has 1 aromatic heterocycles. The molecule has 3 rings (SSSR count). The zero-order valence-corrected chi connectivity index (χ0v) is 14.0. The predicted octanol–water partition coefficient (Wildman–Crippen LogP) is 1.54. The highest BCUT2D eigenvalue weighted by Gasteiger charge is 2.16. The van der Waals surface area contributed by atoms with Crippen LogP contribution < -0.4 is 20.1 Å². The average Bonchev–Trinajstić information content (AvgIpc) is 2.60. The summed E-state index contributed by atoms with van der Waals surface area (Å²) in [6, 6.07) is 2.32. The summed E-state index contributed by atoms with van der Waals surface area (Å²) >= 11 is 0. The van der Waals surface area contributed by atoms with Crippen LogP contribution in [0.5, 0.6) is 11.9 Å². The van der Waals surface area contributed by atoms with E-state index < -0.39 is 0 Å². The second-order valence-electron chi connectivity index (χ2n) is 6.68. The summed E-state index contributed by atoms with van der Waals surface area (Å²) in [5, 5.41) is 6.81. The molecule has 2 aliphatic heterocycles. The van der Waals surface area contributed by atoms with Gasteiger partial charge in [-0.2, -0.15) is 4.98 Å². The number of piperidine rings is 2. The number of rotatable bonds is 6. The maximum atomic E-state index is 5.88. The summed E-state index contributed by atoms with van der Waals surface area (Å²) in [4.78, 5) is 8.77. The molecule has 2 atom stereocenters. The molecule has 0 unspecified atom stereocenters. The molecule has 0 saturated carbocycles. The van der Waals surface area contributed by atoms with Gasteiger partial charge in [-0.3, -0.25) is 0 Å². The molecule has 128 valence electrons. The lowest BCUT2D eigenvalue weighted by atomic mass is 10.0. The van der Waals surface area contributed by atoms with Crippen LogP contribution in [0.4, 0.5) is 0 Å². The highest BCUT2D eigenvalue weighted by atomic mass is 16.5. The lowest BCUT2D eigenvalue weighted by molar-refractivity contribution is 0.191. The van der Waals surface area contributed by atoms with Crippen LogP contribution in [0.3, 0.4) is 0 Å². The van der Waals surface area contributed by atoms with Crippen LogP contribution in [0.25, 0.3) is 0 Å². The first-order chi connectivity index (χ1) is 11.3. The molecule has 2 fully saturated rings. The number of nitrogens with one attached hydrogen (secondary N) is 2. The van der Waals surface area contributed by atoms with Crippen molar-refractivity contribution in [2.24, 2.45) is 11.8 Å². The minimum Gasteiger partial charge on any atom is -0.477 e. The molecule has 0 radical (unpaired) electrons. The molecule has 2 aliphatic rings. The highest BCUT2D eigenvalue weighted by molar-refractivity contribution is 5.17. The molecule has 23 heavy (non-hydrogen) atoms. The molecule has 0 aromatic carbocycles. The molecule has 2 saturated heterocycles. The van der Waals surface area contributed by atoms with Gasteiger partial charge < -0.3 is 20.1 Å². The van der Waals surface area contributed by atoms with Crippen molar-refractivity contribution in [3.8, 4) is 11.9 Å². The summed E-state index contributed by atoms with van der Waals surface area (Å²) in [5.41, 5.74) is 0.883. The van der Waals surface area contributed by atoms with Crippen molar-refractivity contribution in [2.45, 2.75) is 32.6 Å². The van der Waals surface area contributed by atoms with E-state index in [2.05, 4.69) is 20.6 Å². The second-order valence-corrected chi connectivity index (χ2v) is 6.68. The van der Waals surface area contributed by atoms with Crippen molar-refractivity contribution < 1.29 is 9.47 Å². The van der Waals surface area contributed by atoms with E-state index in [0.717, 1.165) is 31.9 Å². The largest absolute Gasteiger partial charge is 0.477 e. The standard InChI is InChI=1S/C17H28N4O2/c1-13-8-16(22-11-14-4-2-6-18-9-14)21-17(20-13)23-12-15-5-3-7-19-10-15/h8,14-15,18-19H,2-7,9-12H2,1H3/t14-,15-/m1/s1. The van der Waals surface area contributed by atoms with Crippen molar-refractivity contribution >= 4 is 0 Å². The molecular formula is C17H28N4O2. The topological polar surface area (TPSA) is 68.3 Å². The number of aryl methyl sites for hydroxylation is 1. The summed E-state index contributed by atoms with van der Waals surface area (Å²) in [5.74, 6) is 1.74. The van der Waals surface area contributed by atoms with E-state index in [-0.39, 0.29) is 0 Å². The lowest BCUT2D eigenvalue weighted by Crippen LogP contribution is -2.33. The molecule has 3 heterocycles. The second kappa shape index (κ2) is 8.45. The van der Waals surface area contributed by atoms with Crippen molar-refractivity contribution in [1.82, 2.24) is 20.6 Å². The maximum absolute atomic E-state index is 5.88. The van der Waals surface area contributed by atoms with Gasteiger partial charge in [0.1, 0.15) is 0 Å². The minimum absolute atomic E-state index is 0.437. The number of hydrogen-bond donors (Lipinski definition) is 2. The summed E-state index contributed by atoms with van der Waals surface area (Å²) in [6.07, 6.45) is 4.86. The fourth-order valence-corrected chi connectivity index (χ4v) is 3.18. The quantitative estimate of drug-likeness (QED) is 0.829. The molecule has 0 amide bonds. The first-order valence-corrected chi connectivity index (χ1v) is 8.82. The minimum atomic E-state index is 0.437. The maximum Gasteiger partial charge on any atom is 0.319 e.